The molecule has 0 aliphatic carbocycles. The van der Waals surface area contributed by atoms with Crippen LogP contribution in [0, 0.1) is 6.92 Å². The Morgan fingerprint density at radius 1 is 1.07 bits per heavy atom. The first-order valence-electron chi connectivity index (χ1n) is 9.27. The molecule has 0 aliphatic heterocycles. The van der Waals surface area contributed by atoms with Gasteiger partial charge in [0.2, 0.25) is 0 Å². The first-order chi connectivity index (χ1) is 13.6. The van der Waals surface area contributed by atoms with Crippen molar-refractivity contribution >= 4 is 27.6 Å². The van der Waals surface area contributed by atoms with Gasteiger partial charge in [-0.15, -0.1) is 0 Å². The zero-order valence-electron chi connectivity index (χ0n) is 17.0. The second-order valence-corrected chi connectivity index (χ2v) is 8.75. The van der Waals surface area contributed by atoms with Gasteiger partial charge >= 0.3 is 5.97 Å². The first kappa shape index (κ1) is 22.4. The average Bonchev–Trinajstić information content (AvgIpc) is 2.71. The van der Waals surface area contributed by atoms with Crippen LogP contribution in [0.3, 0.4) is 0 Å². The summed E-state index contributed by atoms with van der Waals surface area (Å²) in [6.07, 6.45) is 0.778. The number of nitrogens with one attached hydrogen (secondary N) is 1. The number of nitrogens with zero attached hydrogens (tertiary/aromatic N) is 1. The molecule has 0 spiro atoms. The highest BCUT2D eigenvalue weighted by molar-refractivity contribution is 7.92. The van der Waals surface area contributed by atoms with Gasteiger partial charge in [-0.25, -0.2) is 13.2 Å². The number of carbonyl (C=O) groups is 2. The highest BCUT2D eigenvalue weighted by Gasteiger charge is 2.21. The van der Waals surface area contributed by atoms with E-state index in [-0.39, 0.29) is 29.0 Å². The third kappa shape index (κ3) is 5.80. The molecule has 0 unspecified atom stereocenters. The maximum absolute atomic E-state index is 12.7. The molecular formula is C21H26N2O5S. The molecule has 29 heavy (non-hydrogen) atoms. The van der Waals surface area contributed by atoms with Gasteiger partial charge < -0.3 is 10.1 Å². The van der Waals surface area contributed by atoms with E-state index in [0.717, 1.165) is 16.3 Å². The fourth-order valence-electron chi connectivity index (χ4n) is 2.45. The molecule has 2 aromatic carbocycles. The summed E-state index contributed by atoms with van der Waals surface area (Å²) in [7, 11) is -2.27. The molecule has 1 amide bonds. The number of esters is 1. The molecule has 0 saturated carbocycles. The van der Waals surface area contributed by atoms with Crippen molar-refractivity contribution in [3.8, 4) is 0 Å². The maximum Gasteiger partial charge on any atom is 0.338 e. The van der Waals surface area contributed by atoms with Crippen LogP contribution in [-0.2, 0) is 19.6 Å². The molecule has 1 N–H and O–H groups in total. The molecule has 0 bridgehead atoms. The van der Waals surface area contributed by atoms with Crippen LogP contribution >= 0.6 is 0 Å². The summed E-state index contributed by atoms with van der Waals surface area (Å²) in [5.41, 5.74) is 1.59. The van der Waals surface area contributed by atoms with Crippen LogP contribution in [0.4, 0.5) is 5.69 Å². The SMILES string of the molecule is CC[C@H](C)NC(=O)COC(=O)c1ccc(N(C)S(=O)(=O)c2ccc(C)cc2)cc1. The summed E-state index contributed by atoms with van der Waals surface area (Å²) in [6.45, 7) is 5.31. The topological polar surface area (TPSA) is 92.8 Å². The number of carbonyl (C=O) groups excluding carboxylic acids is 2. The Bertz CT molecular complexity index is 954. The van der Waals surface area contributed by atoms with E-state index in [1.165, 1.54) is 31.3 Å². The Labute approximate surface area is 171 Å². The zero-order valence-corrected chi connectivity index (χ0v) is 17.8. The summed E-state index contributed by atoms with van der Waals surface area (Å²) in [4.78, 5) is 24.0. The molecule has 156 valence electrons. The number of aryl methyl sites for hydroxylation is 1. The van der Waals surface area contributed by atoms with Crippen LogP contribution in [0.1, 0.15) is 36.2 Å². The molecule has 2 rings (SSSR count). The second-order valence-electron chi connectivity index (χ2n) is 6.79. The minimum Gasteiger partial charge on any atom is -0.452 e. The van der Waals surface area contributed by atoms with Crippen molar-refractivity contribution in [3.63, 3.8) is 0 Å². The Morgan fingerprint density at radius 3 is 2.21 bits per heavy atom. The van der Waals surface area contributed by atoms with Gasteiger partial charge in [0.05, 0.1) is 16.1 Å². The van der Waals surface area contributed by atoms with Gasteiger partial charge in [-0.3, -0.25) is 9.10 Å². The molecular weight excluding hydrogens is 392 g/mol. The number of sulfonamides is 1. The molecule has 0 aliphatic rings. The van der Waals surface area contributed by atoms with Gasteiger partial charge in [0, 0.05) is 13.1 Å². The summed E-state index contributed by atoms with van der Waals surface area (Å²) >= 11 is 0. The van der Waals surface area contributed by atoms with Gasteiger partial charge in [0.25, 0.3) is 15.9 Å². The number of ether oxygens (including phenoxy) is 1. The molecule has 2 aromatic rings. The number of hydrogen-bond acceptors (Lipinski definition) is 5. The fourth-order valence-corrected chi connectivity index (χ4v) is 3.64. The van der Waals surface area contributed by atoms with E-state index in [1.807, 2.05) is 20.8 Å². The van der Waals surface area contributed by atoms with Gasteiger partial charge in [0.1, 0.15) is 0 Å². The lowest BCUT2D eigenvalue weighted by atomic mass is 10.2. The quantitative estimate of drug-likeness (QED) is 0.666. The smallest absolute Gasteiger partial charge is 0.338 e. The van der Waals surface area contributed by atoms with E-state index in [2.05, 4.69) is 5.32 Å². The lowest BCUT2D eigenvalue weighted by Gasteiger charge is -2.20. The Balaban J connectivity index is 2.04. The van der Waals surface area contributed by atoms with Crippen molar-refractivity contribution in [2.45, 2.75) is 38.1 Å². The van der Waals surface area contributed by atoms with E-state index < -0.39 is 16.0 Å². The predicted molar refractivity (Wildman–Crippen MR) is 111 cm³/mol. The standard InChI is InChI=1S/C21H26N2O5S/c1-5-16(3)22-20(24)14-28-21(25)17-8-10-18(11-9-17)23(4)29(26,27)19-12-6-15(2)7-13-19/h6-13,16H,5,14H2,1-4H3,(H,22,24)/t16-/m0/s1. The molecule has 0 saturated heterocycles. The van der Waals surface area contributed by atoms with Crippen LogP contribution in [-0.4, -0.2) is 40.0 Å². The van der Waals surface area contributed by atoms with Crippen LogP contribution in [0.25, 0.3) is 0 Å². The van der Waals surface area contributed by atoms with Crippen molar-refractivity contribution < 1.29 is 22.7 Å². The third-order valence-corrected chi connectivity index (χ3v) is 6.30. The molecule has 7 nitrogen and oxygen atoms in total. The Morgan fingerprint density at radius 2 is 1.66 bits per heavy atom. The highest BCUT2D eigenvalue weighted by atomic mass is 32.2. The lowest BCUT2D eigenvalue weighted by molar-refractivity contribution is -0.124. The minimum atomic E-state index is -3.71. The summed E-state index contributed by atoms with van der Waals surface area (Å²) < 4.78 is 31.6. The van der Waals surface area contributed by atoms with Crippen LogP contribution < -0.4 is 9.62 Å². The van der Waals surface area contributed by atoms with Gasteiger partial charge in [-0.2, -0.15) is 0 Å². The van der Waals surface area contributed by atoms with Crippen molar-refractivity contribution in [1.82, 2.24) is 5.32 Å². The maximum atomic E-state index is 12.7. The first-order valence-corrected chi connectivity index (χ1v) is 10.7. The summed E-state index contributed by atoms with van der Waals surface area (Å²) in [6, 6.07) is 12.5. The van der Waals surface area contributed by atoms with Crippen molar-refractivity contribution in [3.05, 3.63) is 59.7 Å². The van der Waals surface area contributed by atoms with E-state index in [0.29, 0.717) is 5.69 Å². The summed E-state index contributed by atoms with van der Waals surface area (Å²) in [5.74, 6) is -1.02. The molecule has 1 atom stereocenters. The van der Waals surface area contributed by atoms with E-state index in [1.54, 1.807) is 24.3 Å². The normalized spacial score (nSPS) is 12.1. The van der Waals surface area contributed by atoms with Gasteiger partial charge in [-0.05, 0) is 56.7 Å². The number of rotatable bonds is 8. The van der Waals surface area contributed by atoms with Crippen molar-refractivity contribution in [2.75, 3.05) is 18.0 Å². The van der Waals surface area contributed by atoms with Crippen LogP contribution in [0.15, 0.2) is 53.4 Å². The Hall–Kier alpha value is -2.87. The van der Waals surface area contributed by atoms with E-state index >= 15 is 0 Å². The monoisotopic (exact) mass is 418 g/mol. The van der Waals surface area contributed by atoms with Crippen LogP contribution in [0.2, 0.25) is 0 Å². The predicted octanol–water partition coefficient (Wildman–Crippen LogP) is 2.89. The number of amides is 1. The number of benzene rings is 2. The number of anilines is 1. The zero-order chi connectivity index (χ0) is 21.6. The van der Waals surface area contributed by atoms with E-state index in [4.69, 9.17) is 4.74 Å². The molecule has 0 heterocycles. The van der Waals surface area contributed by atoms with Crippen molar-refractivity contribution in [1.29, 1.82) is 0 Å². The lowest BCUT2D eigenvalue weighted by Crippen LogP contribution is -2.35. The molecule has 8 heteroatoms. The van der Waals surface area contributed by atoms with Gasteiger partial charge in [-0.1, -0.05) is 24.6 Å². The van der Waals surface area contributed by atoms with Crippen molar-refractivity contribution in [2.24, 2.45) is 0 Å². The number of hydrogen-bond donors (Lipinski definition) is 1. The van der Waals surface area contributed by atoms with Gasteiger partial charge in [0.15, 0.2) is 6.61 Å². The van der Waals surface area contributed by atoms with Crippen LogP contribution in [0.5, 0.6) is 0 Å². The fraction of sp³-hybridized carbons (Fsp3) is 0.333. The third-order valence-electron chi connectivity index (χ3n) is 4.50. The largest absolute Gasteiger partial charge is 0.452 e. The molecule has 0 fully saturated rings. The second kappa shape index (κ2) is 9.56. The molecule has 0 radical (unpaired) electrons. The average molecular weight is 419 g/mol. The highest BCUT2D eigenvalue weighted by Crippen LogP contribution is 2.22. The summed E-state index contributed by atoms with van der Waals surface area (Å²) in [5, 5.41) is 2.71. The molecule has 0 aromatic heterocycles. The minimum absolute atomic E-state index is 0.00602. The Kier molecular flexibility index (Phi) is 7.39. The van der Waals surface area contributed by atoms with E-state index in [9.17, 15) is 18.0 Å².